The molecule has 5 atom stereocenters. The number of ether oxygens (including phenoxy) is 2. The minimum absolute atomic E-state index is 0.0239. The number of halogens is 1. The fraction of sp³-hybridized carbons (Fsp3) is 0.488. The molecule has 4 aliphatic carbocycles. The highest BCUT2D eigenvalue weighted by atomic mass is 19.1. The van der Waals surface area contributed by atoms with E-state index in [1.165, 1.54) is 54.5 Å². The molecule has 4 aromatic rings. The van der Waals surface area contributed by atoms with Gasteiger partial charge < -0.3 is 24.9 Å². The lowest BCUT2D eigenvalue weighted by Gasteiger charge is -2.50. The third kappa shape index (κ3) is 5.78. The van der Waals surface area contributed by atoms with Crippen molar-refractivity contribution in [3.63, 3.8) is 0 Å². The number of aromatic amines is 1. The number of Topliss-reactive ketones (excluding diaryl/α,β-unsaturated/α-hetero) is 1. The molecule has 3 N–H and O–H groups in total. The number of nitrogens with one attached hydrogen (secondary N) is 2. The van der Waals surface area contributed by atoms with Crippen molar-refractivity contribution in [2.24, 2.45) is 17.3 Å². The van der Waals surface area contributed by atoms with Gasteiger partial charge in [0.15, 0.2) is 5.78 Å². The summed E-state index contributed by atoms with van der Waals surface area (Å²) in [5.74, 6) is 2.11. The number of hydrogen-bond donors (Lipinski definition) is 3. The number of carbonyl (C=O) groups excluding carboxylic acids is 1. The van der Waals surface area contributed by atoms with Crippen LogP contribution < -0.4 is 5.32 Å². The van der Waals surface area contributed by atoms with Crippen LogP contribution in [0.1, 0.15) is 90.4 Å². The SMILES string of the molecule is C[C@]12CC[C@@H]3c4ccc(O)cc4CC[C@H]3[C@@H]1CC[C@@H]2OCCOCCNCc1ccc(-c2[nH]c3cc(F)cc4c3c2CCCC4=O)cc1. The number of carbonyl (C=O) groups is 1. The molecule has 1 heterocycles. The molecule has 6 nitrogen and oxygen atoms in total. The van der Waals surface area contributed by atoms with Gasteiger partial charge in [0.1, 0.15) is 11.6 Å². The molecule has 0 radical (unpaired) electrons. The lowest BCUT2D eigenvalue weighted by atomic mass is 9.55. The summed E-state index contributed by atoms with van der Waals surface area (Å²) >= 11 is 0. The highest BCUT2D eigenvalue weighted by Gasteiger charge is 2.55. The minimum atomic E-state index is -0.376. The summed E-state index contributed by atoms with van der Waals surface area (Å²) in [6, 6.07) is 17.4. The molecule has 4 aliphatic rings. The number of H-pyrrole nitrogens is 1. The molecule has 48 heavy (non-hydrogen) atoms. The van der Waals surface area contributed by atoms with E-state index in [-0.39, 0.29) is 17.0 Å². The van der Waals surface area contributed by atoms with E-state index >= 15 is 0 Å². The lowest BCUT2D eigenvalue weighted by molar-refractivity contribution is -0.0768. The third-order valence-electron chi connectivity index (χ3n) is 12.3. The van der Waals surface area contributed by atoms with Gasteiger partial charge in [-0.25, -0.2) is 4.39 Å². The molecule has 0 saturated heterocycles. The molecule has 0 spiro atoms. The van der Waals surface area contributed by atoms with Crippen LogP contribution in [0.4, 0.5) is 4.39 Å². The number of phenols is 1. The van der Waals surface area contributed by atoms with Crippen LogP contribution in [-0.4, -0.2) is 48.3 Å². The van der Waals surface area contributed by atoms with Gasteiger partial charge in [-0.1, -0.05) is 37.3 Å². The van der Waals surface area contributed by atoms with Crippen LogP contribution in [0.5, 0.6) is 5.75 Å². The first-order valence-electron chi connectivity index (χ1n) is 18.1. The Morgan fingerprint density at radius 3 is 2.73 bits per heavy atom. The van der Waals surface area contributed by atoms with Crippen molar-refractivity contribution in [3.05, 3.63) is 88.2 Å². The minimum Gasteiger partial charge on any atom is -0.508 e. The number of aromatic hydroxyl groups is 1. The van der Waals surface area contributed by atoms with Gasteiger partial charge in [0.25, 0.3) is 0 Å². The summed E-state index contributed by atoms with van der Waals surface area (Å²) in [5, 5.41) is 14.3. The Labute approximate surface area is 282 Å². The quantitative estimate of drug-likeness (QED) is 0.151. The van der Waals surface area contributed by atoms with Crippen molar-refractivity contribution in [3.8, 4) is 17.0 Å². The molecule has 7 heteroatoms. The average Bonchev–Trinajstić information content (AvgIpc) is 3.56. The van der Waals surface area contributed by atoms with Crippen molar-refractivity contribution in [2.75, 3.05) is 26.4 Å². The Morgan fingerprint density at radius 2 is 1.85 bits per heavy atom. The predicted octanol–water partition coefficient (Wildman–Crippen LogP) is 8.25. The van der Waals surface area contributed by atoms with Crippen LogP contribution in [0.2, 0.25) is 0 Å². The normalized spacial score (nSPS) is 26.2. The number of hydrogen-bond acceptors (Lipinski definition) is 5. The van der Waals surface area contributed by atoms with Crippen LogP contribution in [0.15, 0.2) is 54.6 Å². The number of fused-ring (bicyclic) bond motifs is 5. The molecule has 2 saturated carbocycles. The van der Waals surface area contributed by atoms with Gasteiger partial charge in [-0.05, 0) is 127 Å². The standard InChI is InChI=1S/C41H47FN2O4/c1-41-16-15-31-30-12-10-29(45)21-27(30)9-11-32(31)35(41)13-14-38(41)48-20-19-47-18-17-43-24-25-5-7-26(8-6-25)40-33-3-2-4-37(46)34-22-28(42)23-36(44-40)39(33)34/h5-8,10,12,21-23,31-32,35,38,43-45H,2-4,9,11,13-20,24H2,1H3/t31-,32-,35+,38+,41+/m1/s1. The van der Waals surface area contributed by atoms with Gasteiger partial charge in [-0.15, -0.1) is 0 Å². The van der Waals surface area contributed by atoms with Crippen molar-refractivity contribution in [2.45, 2.75) is 83.3 Å². The maximum Gasteiger partial charge on any atom is 0.163 e. The van der Waals surface area contributed by atoms with Crippen LogP contribution >= 0.6 is 0 Å². The van der Waals surface area contributed by atoms with E-state index in [4.69, 9.17) is 9.47 Å². The van der Waals surface area contributed by atoms with E-state index in [0.29, 0.717) is 61.0 Å². The second-order valence-electron chi connectivity index (χ2n) is 14.9. The van der Waals surface area contributed by atoms with E-state index in [1.54, 1.807) is 0 Å². The summed E-state index contributed by atoms with van der Waals surface area (Å²) in [6.07, 6.45) is 9.48. The molecule has 0 aliphatic heterocycles. The summed E-state index contributed by atoms with van der Waals surface area (Å²) in [6.45, 7) is 5.89. The zero-order chi connectivity index (χ0) is 32.8. The fourth-order valence-electron chi connectivity index (χ4n) is 9.95. The number of ketones is 1. The number of aromatic nitrogens is 1. The Hall–Kier alpha value is -3.52. The smallest absolute Gasteiger partial charge is 0.163 e. The van der Waals surface area contributed by atoms with E-state index in [2.05, 4.69) is 47.6 Å². The zero-order valence-corrected chi connectivity index (χ0v) is 28.0. The highest BCUT2D eigenvalue weighted by Crippen LogP contribution is 2.61. The van der Waals surface area contributed by atoms with E-state index < -0.39 is 0 Å². The van der Waals surface area contributed by atoms with E-state index in [0.717, 1.165) is 66.9 Å². The summed E-state index contributed by atoms with van der Waals surface area (Å²) in [7, 11) is 0. The highest BCUT2D eigenvalue weighted by molar-refractivity contribution is 6.11. The average molecular weight is 651 g/mol. The molecule has 2 fully saturated rings. The van der Waals surface area contributed by atoms with Gasteiger partial charge in [0.05, 0.1) is 25.9 Å². The molecule has 3 aromatic carbocycles. The topological polar surface area (TPSA) is 83.6 Å². The number of benzene rings is 3. The maximum atomic E-state index is 14.3. The van der Waals surface area contributed by atoms with E-state index in [1.807, 2.05) is 12.1 Å². The van der Waals surface area contributed by atoms with Crippen molar-refractivity contribution >= 4 is 16.7 Å². The molecular weight excluding hydrogens is 603 g/mol. The maximum absolute atomic E-state index is 14.3. The third-order valence-corrected chi connectivity index (χ3v) is 12.3. The Bertz CT molecular complexity index is 1820. The predicted molar refractivity (Wildman–Crippen MR) is 186 cm³/mol. The number of aryl methyl sites for hydroxylation is 2. The first-order chi connectivity index (χ1) is 23.4. The second kappa shape index (κ2) is 13.1. The van der Waals surface area contributed by atoms with Crippen LogP contribution in [-0.2, 0) is 28.9 Å². The molecule has 1 aromatic heterocycles. The van der Waals surface area contributed by atoms with Gasteiger partial charge >= 0.3 is 0 Å². The zero-order valence-electron chi connectivity index (χ0n) is 28.0. The molecule has 0 amide bonds. The summed E-state index contributed by atoms with van der Waals surface area (Å²) in [4.78, 5) is 16.0. The number of rotatable bonds is 10. The second-order valence-corrected chi connectivity index (χ2v) is 14.9. The van der Waals surface area contributed by atoms with Crippen LogP contribution in [0.25, 0.3) is 22.2 Å². The molecular formula is C41H47FN2O4. The van der Waals surface area contributed by atoms with Gasteiger partial charge in [0, 0.05) is 41.7 Å². The van der Waals surface area contributed by atoms with Gasteiger partial charge in [0.2, 0.25) is 0 Å². The Kier molecular flexibility index (Phi) is 8.64. The molecule has 8 rings (SSSR count). The molecule has 0 unspecified atom stereocenters. The van der Waals surface area contributed by atoms with E-state index in [9.17, 15) is 14.3 Å². The Balaban J connectivity index is 0.779. The first-order valence-corrected chi connectivity index (χ1v) is 18.1. The monoisotopic (exact) mass is 650 g/mol. The lowest BCUT2D eigenvalue weighted by Crippen LogP contribution is -2.44. The number of phenolic OH excluding ortho intramolecular Hbond substituents is 1. The van der Waals surface area contributed by atoms with Crippen molar-refractivity contribution in [1.29, 1.82) is 0 Å². The van der Waals surface area contributed by atoms with Gasteiger partial charge in [-0.2, -0.15) is 0 Å². The Morgan fingerprint density at radius 1 is 0.979 bits per heavy atom. The largest absolute Gasteiger partial charge is 0.508 e. The van der Waals surface area contributed by atoms with Crippen LogP contribution in [0.3, 0.4) is 0 Å². The van der Waals surface area contributed by atoms with Crippen molar-refractivity contribution < 1.29 is 23.8 Å². The first kappa shape index (κ1) is 31.7. The van der Waals surface area contributed by atoms with Crippen molar-refractivity contribution in [1.82, 2.24) is 10.3 Å². The summed E-state index contributed by atoms with van der Waals surface area (Å²) in [5.41, 5.74) is 8.63. The molecule has 252 valence electrons. The van der Waals surface area contributed by atoms with Gasteiger partial charge in [-0.3, -0.25) is 4.79 Å². The fourth-order valence-corrected chi connectivity index (χ4v) is 9.95. The summed E-state index contributed by atoms with van der Waals surface area (Å²) < 4.78 is 26.7. The molecule has 0 bridgehead atoms. The van der Waals surface area contributed by atoms with Crippen LogP contribution in [0, 0.1) is 23.1 Å².